The molecule has 2 unspecified atom stereocenters. The Kier molecular flexibility index (Phi) is 11.8. The number of halogens is 3. The highest BCUT2D eigenvalue weighted by Crippen LogP contribution is 2.39. The van der Waals surface area contributed by atoms with E-state index >= 15 is 8.78 Å². The van der Waals surface area contributed by atoms with E-state index in [4.69, 9.17) is 0 Å². The molecule has 0 spiro atoms. The molecule has 0 bridgehead atoms. The van der Waals surface area contributed by atoms with Gasteiger partial charge in [0.15, 0.2) is 11.2 Å². The number of fused-ring (bicyclic) bond motifs is 2. The van der Waals surface area contributed by atoms with Crippen LogP contribution in [0.15, 0.2) is 72.5 Å². The Morgan fingerprint density at radius 2 is 1.68 bits per heavy atom. The van der Waals surface area contributed by atoms with Crippen LogP contribution in [-0.2, 0) is 38.7 Å². The maximum absolute atomic E-state index is 15.9. The molecule has 7 heterocycles. The van der Waals surface area contributed by atoms with Crippen LogP contribution in [0.25, 0.3) is 11.1 Å². The number of rotatable bonds is 11. The number of carbonyl (C=O) groups is 5. The van der Waals surface area contributed by atoms with Gasteiger partial charge in [-0.2, -0.15) is 0 Å². The number of imide groups is 1. The molecule has 0 saturated carbocycles. The lowest BCUT2D eigenvalue weighted by Gasteiger charge is -2.38. The molecule has 3 N–H and O–H groups in total. The van der Waals surface area contributed by atoms with Crippen molar-refractivity contribution in [2.24, 2.45) is 0 Å². The van der Waals surface area contributed by atoms with Gasteiger partial charge in [0.1, 0.15) is 23.8 Å². The van der Waals surface area contributed by atoms with Crippen molar-refractivity contribution >= 4 is 57.4 Å². The number of anilines is 3. The normalized spacial score (nSPS) is 20.6. The van der Waals surface area contributed by atoms with Crippen LogP contribution in [0.5, 0.6) is 0 Å². The van der Waals surface area contributed by atoms with Crippen LogP contribution < -0.4 is 20.9 Å². The van der Waals surface area contributed by atoms with E-state index in [1.807, 2.05) is 29.2 Å². The van der Waals surface area contributed by atoms with E-state index in [0.29, 0.717) is 98.3 Å². The number of hydrogen-bond donors (Lipinski definition) is 3. The second-order valence-corrected chi connectivity index (χ2v) is 18.4. The summed E-state index contributed by atoms with van der Waals surface area (Å²) in [5.41, 5.74) is 4.35. The quantitative estimate of drug-likeness (QED) is 0.149. The monoisotopic (exact) mass is 920 g/mol. The molecule has 19 heteroatoms. The number of aromatic nitrogens is 3. The minimum atomic E-state index is -1.24. The molecular weight excluding hydrogens is 874 g/mol. The molecule has 5 aromatic rings. The molecule has 3 fully saturated rings. The lowest BCUT2D eigenvalue weighted by atomic mass is 9.89. The van der Waals surface area contributed by atoms with Gasteiger partial charge in [0.2, 0.25) is 17.7 Å². The van der Waals surface area contributed by atoms with Crippen LogP contribution in [0.1, 0.15) is 70.5 Å². The number of nitrogens with one attached hydrogen (secondary N) is 3. The van der Waals surface area contributed by atoms with E-state index in [-0.39, 0.29) is 66.3 Å². The standard InChI is InChI=1S/C47H47F3N10O5S/c48-30-21-39-42(52-26-59(39)23-30)43(45(64)55-47-51-11-18-66-47)60-24-35-34(46(60)65)19-29(20-36(35)49)27-1-4-32(5-2-27)57-14-16-58(17-15-57)41(62)25-56-12-9-28(10-13-56)33-6-3-31(22-37(33)50)53-38-7-8-40(61)54-44(38)63/h1-6,11,18-20,22,26,28,30,38,43,53H,7-10,12-17,21,23-25H2,(H,51,55,64)(H,54,61,63)/t30-,38?,43?/m1/s1. The average molecular weight is 921 g/mol. The fraction of sp³-hybridized carbons (Fsp3) is 0.383. The Hall–Kier alpha value is -6.60. The highest BCUT2D eigenvalue weighted by Gasteiger charge is 2.43. The van der Waals surface area contributed by atoms with Gasteiger partial charge in [-0.15, -0.1) is 11.3 Å². The number of benzene rings is 3. The van der Waals surface area contributed by atoms with E-state index in [0.717, 1.165) is 5.69 Å². The van der Waals surface area contributed by atoms with Gasteiger partial charge < -0.3 is 24.6 Å². The van der Waals surface area contributed by atoms with Gasteiger partial charge in [0.05, 0.1) is 31.7 Å². The molecule has 5 amide bonds. The van der Waals surface area contributed by atoms with E-state index in [1.165, 1.54) is 40.9 Å². The lowest BCUT2D eigenvalue weighted by Crippen LogP contribution is -2.51. The summed E-state index contributed by atoms with van der Waals surface area (Å²) in [6.45, 7) is 3.92. The molecule has 3 atom stereocenters. The maximum atomic E-state index is 15.9. The van der Waals surface area contributed by atoms with Gasteiger partial charge in [0.25, 0.3) is 11.8 Å². The van der Waals surface area contributed by atoms with Crippen molar-refractivity contribution in [3.8, 4) is 11.1 Å². The maximum Gasteiger partial charge on any atom is 0.255 e. The fourth-order valence-electron chi connectivity index (χ4n) is 9.90. The minimum absolute atomic E-state index is 0.0142. The summed E-state index contributed by atoms with van der Waals surface area (Å²) in [5.74, 6) is -2.67. The number of nitrogens with zero attached hydrogens (tertiary/aromatic N) is 7. The summed E-state index contributed by atoms with van der Waals surface area (Å²) in [5, 5.41) is 10.1. The number of amides is 5. The summed E-state index contributed by atoms with van der Waals surface area (Å²) in [6, 6.07) is 13.8. The first-order chi connectivity index (χ1) is 31.9. The van der Waals surface area contributed by atoms with Crippen LogP contribution in [0.2, 0.25) is 0 Å². The van der Waals surface area contributed by atoms with E-state index in [9.17, 15) is 28.4 Å². The van der Waals surface area contributed by atoms with Gasteiger partial charge >= 0.3 is 0 Å². The Bertz CT molecular complexity index is 2700. The SMILES string of the molecule is O=C1CCC(Nc2ccc(C3CCN(CC(=O)N4CCN(c5ccc(-c6cc(F)c7c(c6)C(=O)N(C(C(=O)Nc6nccs6)c6ncn8c6C[C@@H](F)C8)C7)cc5)CC4)CC3)c(F)c2)C(=O)N1. The third kappa shape index (κ3) is 8.64. The number of imidazole rings is 1. The molecule has 66 heavy (non-hydrogen) atoms. The molecule has 0 aliphatic carbocycles. The van der Waals surface area contributed by atoms with Crippen molar-refractivity contribution < 1.29 is 37.1 Å². The molecule has 3 aromatic carbocycles. The molecule has 0 radical (unpaired) electrons. The minimum Gasteiger partial charge on any atom is -0.374 e. The first kappa shape index (κ1) is 43.3. The van der Waals surface area contributed by atoms with Crippen molar-refractivity contribution in [2.75, 3.05) is 61.3 Å². The smallest absolute Gasteiger partial charge is 0.255 e. The molecule has 2 aromatic heterocycles. The topological polar surface area (TPSA) is 165 Å². The number of hydrogen-bond acceptors (Lipinski definition) is 11. The van der Waals surface area contributed by atoms with E-state index in [1.54, 1.807) is 28.1 Å². The van der Waals surface area contributed by atoms with E-state index in [2.05, 4.69) is 35.7 Å². The van der Waals surface area contributed by atoms with Crippen molar-refractivity contribution in [3.63, 3.8) is 0 Å². The molecular formula is C47H47F3N10O5S. The van der Waals surface area contributed by atoms with Crippen LogP contribution in [-0.4, -0.2) is 117 Å². The predicted octanol–water partition coefficient (Wildman–Crippen LogP) is 5.26. The molecule has 15 nitrogen and oxygen atoms in total. The third-order valence-corrected chi connectivity index (χ3v) is 14.1. The largest absolute Gasteiger partial charge is 0.374 e. The summed E-state index contributed by atoms with van der Waals surface area (Å²) in [6.07, 6.45) is 3.93. The van der Waals surface area contributed by atoms with Crippen molar-refractivity contribution in [2.45, 2.75) is 69.4 Å². The van der Waals surface area contributed by atoms with Crippen LogP contribution in [0, 0.1) is 11.6 Å². The lowest BCUT2D eigenvalue weighted by molar-refractivity contribution is -0.134. The average Bonchev–Trinajstić information content (AvgIpc) is 4.12. The molecule has 342 valence electrons. The van der Waals surface area contributed by atoms with Crippen LogP contribution >= 0.6 is 11.3 Å². The Labute approximate surface area is 382 Å². The Balaban J connectivity index is 0.729. The summed E-state index contributed by atoms with van der Waals surface area (Å²) in [4.78, 5) is 81.0. The van der Waals surface area contributed by atoms with Gasteiger partial charge in [-0.1, -0.05) is 18.2 Å². The number of carbonyl (C=O) groups excluding carboxylic acids is 5. The molecule has 3 saturated heterocycles. The van der Waals surface area contributed by atoms with Gasteiger partial charge in [-0.3, -0.25) is 39.5 Å². The van der Waals surface area contributed by atoms with Crippen LogP contribution in [0.3, 0.4) is 0 Å². The molecule has 5 aliphatic heterocycles. The zero-order valence-electron chi connectivity index (χ0n) is 35.9. The number of likely N-dealkylation sites (tertiary alicyclic amines) is 1. The van der Waals surface area contributed by atoms with Crippen LogP contribution in [0.4, 0.5) is 29.7 Å². The highest BCUT2D eigenvalue weighted by molar-refractivity contribution is 7.13. The number of alkyl halides is 1. The second kappa shape index (κ2) is 18.0. The third-order valence-electron chi connectivity index (χ3n) is 13.4. The summed E-state index contributed by atoms with van der Waals surface area (Å²) >= 11 is 1.21. The zero-order valence-corrected chi connectivity index (χ0v) is 36.7. The Morgan fingerprint density at radius 1 is 0.894 bits per heavy atom. The summed E-state index contributed by atoms with van der Waals surface area (Å²) < 4.78 is 47.3. The van der Waals surface area contributed by atoms with Crippen molar-refractivity contribution in [1.82, 2.24) is 34.6 Å². The van der Waals surface area contributed by atoms with Gasteiger partial charge in [-0.05, 0) is 91.4 Å². The molecule has 5 aliphatic rings. The predicted molar refractivity (Wildman–Crippen MR) is 239 cm³/mol. The van der Waals surface area contributed by atoms with Crippen molar-refractivity contribution in [3.05, 3.63) is 112 Å². The van der Waals surface area contributed by atoms with E-state index < -0.39 is 41.8 Å². The zero-order chi connectivity index (χ0) is 45.6. The molecule has 10 rings (SSSR count). The second-order valence-electron chi connectivity index (χ2n) is 17.5. The fourth-order valence-corrected chi connectivity index (χ4v) is 10.4. The Morgan fingerprint density at radius 3 is 2.41 bits per heavy atom. The summed E-state index contributed by atoms with van der Waals surface area (Å²) in [7, 11) is 0. The number of piperidine rings is 2. The van der Waals surface area contributed by atoms with Gasteiger partial charge in [-0.25, -0.2) is 23.1 Å². The number of piperazine rings is 1. The highest BCUT2D eigenvalue weighted by atomic mass is 32.1. The van der Waals surface area contributed by atoms with Crippen molar-refractivity contribution in [1.29, 1.82) is 0 Å². The first-order valence-electron chi connectivity index (χ1n) is 22.2. The first-order valence-corrected chi connectivity index (χ1v) is 23.1. The van der Waals surface area contributed by atoms with Gasteiger partial charge in [0, 0.05) is 78.8 Å². The number of thiazole rings is 1.